The first-order valence-corrected chi connectivity index (χ1v) is 45.3. The van der Waals surface area contributed by atoms with Crippen molar-refractivity contribution in [2.24, 2.45) is 0 Å². The normalized spacial score (nSPS) is 11.3. The van der Waals surface area contributed by atoms with Gasteiger partial charge in [-0.1, -0.05) is 135 Å². The van der Waals surface area contributed by atoms with E-state index in [0.29, 0.717) is 65.4 Å². The number of anilines is 8. The van der Waals surface area contributed by atoms with E-state index in [9.17, 15) is 52.8 Å². The van der Waals surface area contributed by atoms with Gasteiger partial charge in [0.05, 0.1) is 62.4 Å². The zero-order valence-corrected chi connectivity index (χ0v) is 76.3. The van der Waals surface area contributed by atoms with Crippen LogP contribution in [0, 0.1) is 41.5 Å². The van der Waals surface area contributed by atoms with Crippen molar-refractivity contribution in [3.05, 3.63) is 316 Å². The second kappa shape index (κ2) is 41.1. The number of aryl methyl sites for hydroxylation is 6. The van der Waals surface area contributed by atoms with E-state index < -0.39 is 63.7 Å². The van der Waals surface area contributed by atoms with Crippen LogP contribution in [0.4, 0.5) is 45.8 Å². The number of carbonyl (C=O) groups excluding carboxylic acids is 4. The molecule has 4 amide bonds. The highest BCUT2D eigenvalue weighted by atomic mass is 35.5. The molecule has 0 saturated carbocycles. The number of pyridine rings is 6. The first-order valence-electron chi connectivity index (χ1n) is 36.3. The molecule has 0 aliphatic carbocycles. The predicted molar refractivity (Wildman–Crippen MR) is 485 cm³/mol. The van der Waals surface area contributed by atoms with E-state index in [-0.39, 0.29) is 97.3 Å². The van der Waals surface area contributed by atoms with Crippen molar-refractivity contribution in [3.63, 3.8) is 0 Å². The minimum Gasteiger partial charge on any atom is -0.310 e. The van der Waals surface area contributed by atoms with E-state index in [1.807, 2.05) is 77.9 Å². The average molecular weight is 1890 g/mol. The summed E-state index contributed by atoms with van der Waals surface area (Å²) in [6, 6.07) is 47.4. The van der Waals surface area contributed by atoms with Crippen LogP contribution in [0.1, 0.15) is 103 Å². The van der Waals surface area contributed by atoms with Crippen molar-refractivity contribution in [1.29, 1.82) is 0 Å². The standard InChI is InChI=1S/C22H21Cl2N3O3S.C21H20Cl2N4O3S.C21H19Cl2N3O3S.C20H18Cl2N4O3S/c1-14(2)27(17-7-5-4-6-8-17)22(28)21-20(12-16(23)13-25-21)26-31(29,30)18-9-10-19(24)15(3)11-18;1-13(2)27(19-6-4-5-9-24-19)21(28)20-18(11-15(22)12-25-20)26-31(29,30)16-7-8-17(23)14(3)10-16;1-13-6-4-5-7-19(13)26(3)21(27)20-18(11-15(22)12-24-20)25-30(28,29)16-8-9-17(23)14(2)10-16;1-12-6-7-23-18(8-12)26(3)20(27)19-17(10-14(21)11-24-19)25-30(28,29)15-4-5-16(22)13(2)9-15/h4-14,26H,1-3H3;4-13,26H,1-3H3;4-12,25H,1-3H3;4-11,25H,1-3H3. The lowest BCUT2D eigenvalue weighted by atomic mass is 10.1. The molecule has 6 heterocycles. The Kier molecular flexibility index (Phi) is 32.1. The number of nitrogens with one attached hydrogen (secondary N) is 4. The summed E-state index contributed by atoms with van der Waals surface area (Å²) in [4.78, 5) is 83.4. The highest BCUT2D eigenvalue weighted by Gasteiger charge is 2.32. The van der Waals surface area contributed by atoms with E-state index in [1.54, 1.807) is 101 Å². The van der Waals surface area contributed by atoms with Crippen LogP contribution in [-0.4, -0.2) is 113 Å². The van der Waals surface area contributed by atoms with E-state index in [4.69, 9.17) is 92.8 Å². The Balaban J connectivity index is 0.000000185. The molecule has 122 heavy (non-hydrogen) atoms. The number of amides is 4. The smallest absolute Gasteiger partial charge is 0.280 e. The van der Waals surface area contributed by atoms with Crippen LogP contribution < -0.4 is 38.5 Å². The molecule has 0 fully saturated rings. The predicted octanol–water partition coefficient (Wildman–Crippen LogP) is 20.1. The van der Waals surface area contributed by atoms with Gasteiger partial charge in [-0.25, -0.2) is 63.6 Å². The zero-order chi connectivity index (χ0) is 89.6. The van der Waals surface area contributed by atoms with Crippen molar-refractivity contribution in [1.82, 2.24) is 29.9 Å². The van der Waals surface area contributed by atoms with Crippen molar-refractivity contribution >= 4 is 202 Å². The maximum Gasteiger partial charge on any atom is 0.280 e. The molecule has 12 rings (SSSR count). The number of aromatic nitrogens is 6. The number of para-hydroxylation sites is 2. The molecule has 26 nitrogen and oxygen atoms in total. The van der Waals surface area contributed by atoms with E-state index in [2.05, 4.69) is 48.8 Å². The van der Waals surface area contributed by atoms with Crippen molar-refractivity contribution < 1.29 is 52.8 Å². The Hall–Kier alpha value is -10.6. The monoisotopic (exact) mass is 1880 g/mol. The van der Waals surface area contributed by atoms with Gasteiger partial charge in [0.15, 0.2) is 22.8 Å². The Bertz CT molecular complexity index is 6240. The largest absolute Gasteiger partial charge is 0.310 e. The Morgan fingerprint density at radius 1 is 0.320 bits per heavy atom. The van der Waals surface area contributed by atoms with Gasteiger partial charge in [-0.15, -0.1) is 0 Å². The van der Waals surface area contributed by atoms with Gasteiger partial charge in [0.1, 0.15) is 11.6 Å². The lowest BCUT2D eigenvalue weighted by Gasteiger charge is -2.27. The van der Waals surface area contributed by atoms with Crippen LogP contribution in [0.5, 0.6) is 0 Å². The SMILES string of the molecule is Cc1cc(S(=O)(=O)Nc2cc(Cl)cnc2C(=O)N(C)c2ccccc2C)ccc1Cl.Cc1cc(S(=O)(=O)Nc2cc(Cl)cnc2C(=O)N(c2ccccc2)C(C)C)ccc1Cl.Cc1cc(S(=O)(=O)Nc2cc(Cl)cnc2C(=O)N(c2ccccn2)C(C)C)ccc1Cl.Cc1ccnc(N(C)C(=O)c2ncc(Cl)cc2NS(=O)(=O)c2ccc(Cl)c(C)c2)c1. The summed E-state index contributed by atoms with van der Waals surface area (Å²) in [5, 5.41) is 2.53. The molecule has 6 aromatic carbocycles. The molecule has 0 aliphatic rings. The lowest BCUT2D eigenvalue weighted by molar-refractivity contribution is 0.0968. The number of rotatable bonds is 22. The molecule has 38 heteroatoms. The summed E-state index contributed by atoms with van der Waals surface area (Å²) in [5.41, 5.74) is 5.15. The first kappa shape index (κ1) is 95.3. The summed E-state index contributed by atoms with van der Waals surface area (Å²) < 4.78 is 113. The molecular weight excluding hydrogens is 1810 g/mol. The number of carbonyl (C=O) groups is 4. The molecule has 0 saturated heterocycles. The summed E-state index contributed by atoms with van der Waals surface area (Å²) in [7, 11) is -12.9. The molecule has 0 unspecified atom stereocenters. The first-order chi connectivity index (χ1) is 57.4. The fraction of sp³-hybridized carbons (Fsp3) is 0.167. The zero-order valence-electron chi connectivity index (χ0n) is 67.0. The maximum absolute atomic E-state index is 13.4. The topological polar surface area (TPSA) is 343 Å². The number of benzene rings is 6. The summed E-state index contributed by atoms with van der Waals surface area (Å²) in [5.74, 6) is -1.18. The van der Waals surface area contributed by atoms with Gasteiger partial charge in [0, 0.05) is 94.8 Å². The molecule has 636 valence electrons. The van der Waals surface area contributed by atoms with E-state index in [1.165, 1.54) is 144 Å². The minimum atomic E-state index is -4.03. The Labute approximate surface area is 747 Å². The van der Waals surface area contributed by atoms with Gasteiger partial charge in [-0.3, -0.25) is 47.9 Å². The second-order valence-corrected chi connectivity index (χ2v) is 37.6. The van der Waals surface area contributed by atoms with Crippen molar-refractivity contribution in [2.75, 3.05) is 52.6 Å². The summed E-state index contributed by atoms with van der Waals surface area (Å²) in [6.07, 6.45) is 8.32. The van der Waals surface area contributed by atoms with Gasteiger partial charge in [0.2, 0.25) is 0 Å². The van der Waals surface area contributed by atoms with Crippen LogP contribution in [0.2, 0.25) is 40.2 Å². The van der Waals surface area contributed by atoms with Crippen LogP contribution >= 0.6 is 92.8 Å². The highest BCUT2D eigenvalue weighted by Crippen LogP contribution is 2.34. The Morgan fingerprint density at radius 3 is 0.967 bits per heavy atom. The number of sulfonamides is 4. The van der Waals surface area contributed by atoms with Gasteiger partial charge in [0.25, 0.3) is 63.7 Å². The molecule has 0 bridgehead atoms. The van der Waals surface area contributed by atoms with E-state index in [0.717, 1.165) is 11.1 Å². The average Bonchev–Trinajstić information content (AvgIpc) is 0.813. The van der Waals surface area contributed by atoms with Gasteiger partial charge < -0.3 is 9.80 Å². The van der Waals surface area contributed by atoms with Crippen LogP contribution in [0.15, 0.2) is 239 Å². The quantitative estimate of drug-likeness (QED) is 0.0490. The molecular formula is C84H78Cl8N14O12S4. The fourth-order valence-corrected chi connectivity index (χ4v) is 17.1. The van der Waals surface area contributed by atoms with Crippen LogP contribution in [0.3, 0.4) is 0 Å². The van der Waals surface area contributed by atoms with Gasteiger partial charge in [-0.2, -0.15) is 0 Å². The van der Waals surface area contributed by atoms with E-state index >= 15 is 0 Å². The van der Waals surface area contributed by atoms with Crippen molar-refractivity contribution in [3.8, 4) is 0 Å². The van der Waals surface area contributed by atoms with Crippen molar-refractivity contribution in [2.45, 2.75) is 101 Å². The maximum atomic E-state index is 13.4. The summed E-state index contributed by atoms with van der Waals surface area (Å²) >= 11 is 48.1. The molecule has 4 N–H and O–H groups in total. The number of hydrogen-bond acceptors (Lipinski definition) is 18. The third-order valence-corrected chi connectivity index (χ3v) is 25.7. The molecule has 0 aliphatic heterocycles. The molecule has 0 radical (unpaired) electrons. The molecule has 6 aromatic heterocycles. The number of nitrogens with zero attached hydrogens (tertiary/aromatic N) is 10. The van der Waals surface area contributed by atoms with Crippen LogP contribution in [-0.2, 0) is 40.1 Å². The number of halogens is 8. The van der Waals surface area contributed by atoms with Gasteiger partial charge >= 0.3 is 0 Å². The lowest BCUT2D eigenvalue weighted by Crippen LogP contribution is -2.38. The molecule has 0 atom stereocenters. The molecule has 12 aromatic rings. The van der Waals surface area contributed by atoms with Gasteiger partial charge in [-0.05, 0) is 242 Å². The number of hydrogen-bond donors (Lipinski definition) is 4. The third-order valence-electron chi connectivity index (χ3n) is 17.7. The Morgan fingerprint density at radius 2 is 0.639 bits per heavy atom. The second-order valence-electron chi connectivity index (χ2n) is 27.5. The highest BCUT2D eigenvalue weighted by molar-refractivity contribution is 7.93. The van der Waals surface area contributed by atoms with Crippen LogP contribution in [0.25, 0.3) is 0 Å². The third kappa shape index (κ3) is 24.2. The summed E-state index contributed by atoms with van der Waals surface area (Å²) in [6.45, 7) is 17.9. The fourth-order valence-electron chi connectivity index (χ4n) is 11.4. The molecule has 0 spiro atoms. The minimum absolute atomic E-state index is 0.00165.